The molecular weight excluding hydrogens is 441 g/mol. The highest BCUT2D eigenvalue weighted by molar-refractivity contribution is 7.89. The molecule has 1 atom stereocenters. The van der Waals surface area contributed by atoms with Gasteiger partial charge in [0.15, 0.2) is 0 Å². The standard InChI is InChI=1S/C22H23F3N4O2S/c1-28-11-10-21(26-28)17-7-5-16(6-8-17)14-29-12-9-19(15-29)27-32(30,31)20-4-2-3-18(13-20)22(23,24)25/h2-8,10-11,13,19,27H,9,12,14-15H2,1H3. The van der Waals surface area contributed by atoms with Crippen LogP contribution in [-0.4, -0.2) is 42.2 Å². The third-order valence-corrected chi connectivity index (χ3v) is 6.95. The van der Waals surface area contributed by atoms with Gasteiger partial charge in [-0.15, -0.1) is 0 Å². The van der Waals surface area contributed by atoms with E-state index in [-0.39, 0.29) is 10.9 Å². The van der Waals surface area contributed by atoms with Crippen molar-refractivity contribution in [2.45, 2.75) is 30.1 Å². The lowest BCUT2D eigenvalue weighted by Crippen LogP contribution is -2.37. The van der Waals surface area contributed by atoms with E-state index in [4.69, 9.17) is 0 Å². The van der Waals surface area contributed by atoms with Crippen LogP contribution in [0.2, 0.25) is 0 Å². The molecule has 1 aliphatic rings. The fraction of sp³-hybridized carbons (Fsp3) is 0.318. The van der Waals surface area contributed by atoms with E-state index in [0.29, 0.717) is 32.1 Å². The number of aryl methyl sites for hydroxylation is 1. The quantitative estimate of drug-likeness (QED) is 0.605. The molecule has 0 amide bonds. The summed E-state index contributed by atoms with van der Waals surface area (Å²) >= 11 is 0. The molecule has 0 saturated carbocycles. The van der Waals surface area contributed by atoms with Crippen LogP contribution in [0.3, 0.4) is 0 Å². The van der Waals surface area contributed by atoms with E-state index in [1.54, 1.807) is 4.68 Å². The molecule has 0 radical (unpaired) electrons. The first-order chi connectivity index (χ1) is 15.1. The lowest BCUT2D eigenvalue weighted by molar-refractivity contribution is -0.137. The predicted molar refractivity (Wildman–Crippen MR) is 114 cm³/mol. The monoisotopic (exact) mass is 464 g/mol. The maximum Gasteiger partial charge on any atom is 0.416 e. The molecule has 1 fully saturated rings. The van der Waals surface area contributed by atoms with Crippen molar-refractivity contribution in [1.29, 1.82) is 0 Å². The number of rotatable bonds is 6. The molecule has 1 aromatic heterocycles. The largest absolute Gasteiger partial charge is 0.416 e. The van der Waals surface area contributed by atoms with Crippen molar-refractivity contribution in [3.8, 4) is 11.3 Å². The van der Waals surface area contributed by atoms with Gasteiger partial charge >= 0.3 is 6.18 Å². The Kier molecular flexibility index (Phi) is 6.11. The van der Waals surface area contributed by atoms with Crippen LogP contribution in [0.1, 0.15) is 17.5 Å². The zero-order valence-corrected chi connectivity index (χ0v) is 18.2. The van der Waals surface area contributed by atoms with Gasteiger partial charge in [-0.2, -0.15) is 18.3 Å². The van der Waals surface area contributed by atoms with Gasteiger partial charge in [0, 0.05) is 44.5 Å². The first kappa shape index (κ1) is 22.5. The molecule has 6 nitrogen and oxygen atoms in total. The van der Waals surface area contributed by atoms with Crippen molar-refractivity contribution in [2.75, 3.05) is 13.1 Å². The van der Waals surface area contributed by atoms with E-state index in [0.717, 1.165) is 29.0 Å². The number of hydrogen-bond acceptors (Lipinski definition) is 4. The van der Waals surface area contributed by atoms with E-state index in [1.165, 1.54) is 6.07 Å². The summed E-state index contributed by atoms with van der Waals surface area (Å²) in [6.07, 6.45) is -2.12. The molecule has 170 valence electrons. The summed E-state index contributed by atoms with van der Waals surface area (Å²) in [5, 5.41) is 4.38. The molecule has 0 spiro atoms. The Labute approximate surface area is 184 Å². The highest BCUT2D eigenvalue weighted by atomic mass is 32.2. The Morgan fingerprint density at radius 3 is 2.53 bits per heavy atom. The smallest absolute Gasteiger partial charge is 0.297 e. The molecule has 1 aliphatic heterocycles. The van der Waals surface area contributed by atoms with E-state index < -0.39 is 21.8 Å². The average molecular weight is 465 g/mol. The number of benzene rings is 2. The molecule has 1 N–H and O–H groups in total. The minimum Gasteiger partial charge on any atom is -0.297 e. The number of nitrogens with zero attached hydrogens (tertiary/aromatic N) is 3. The van der Waals surface area contributed by atoms with Crippen LogP contribution in [0.15, 0.2) is 65.7 Å². The van der Waals surface area contributed by atoms with Gasteiger partial charge in [0.1, 0.15) is 0 Å². The summed E-state index contributed by atoms with van der Waals surface area (Å²) in [6.45, 7) is 1.84. The Hall–Kier alpha value is -2.69. The average Bonchev–Trinajstić information content (AvgIpc) is 3.36. The lowest BCUT2D eigenvalue weighted by atomic mass is 10.1. The Balaban J connectivity index is 1.36. The van der Waals surface area contributed by atoms with Crippen LogP contribution in [0.5, 0.6) is 0 Å². The van der Waals surface area contributed by atoms with Crippen molar-refractivity contribution in [3.05, 3.63) is 71.9 Å². The Bertz CT molecular complexity index is 1190. The minimum absolute atomic E-state index is 0.359. The highest BCUT2D eigenvalue weighted by Crippen LogP contribution is 2.30. The molecule has 1 saturated heterocycles. The Morgan fingerprint density at radius 1 is 1.12 bits per heavy atom. The maximum atomic E-state index is 12.9. The van der Waals surface area contributed by atoms with Gasteiger partial charge < -0.3 is 0 Å². The molecule has 1 unspecified atom stereocenters. The fourth-order valence-corrected chi connectivity index (χ4v) is 5.11. The second-order valence-corrected chi connectivity index (χ2v) is 9.65. The van der Waals surface area contributed by atoms with E-state index >= 15 is 0 Å². The van der Waals surface area contributed by atoms with E-state index in [9.17, 15) is 21.6 Å². The number of halogens is 3. The van der Waals surface area contributed by atoms with Crippen LogP contribution >= 0.6 is 0 Å². The molecule has 2 aromatic carbocycles. The summed E-state index contributed by atoms with van der Waals surface area (Å²) < 4.78 is 68.2. The van der Waals surface area contributed by atoms with Crippen molar-refractivity contribution in [3.63, 3.8) is 0 Å². The Morgan fingerprint density at radius 2 is 1.88 bits per heavy atom. The van der Waals surface area contributed by atoms with Crippen molar-refractivity contribution in [2.24, 2.45) is 7.05 Å². The van der Waals surface area contributed by atoms with Gasteiger partial charge in [-0.05, 0) is 36.2 Å². The van der Waals surface area contributed by atoms with Gasteiger partial charge in [0.05, 0.1) is 16.2 Å². The van der Waals surface area contributed by atoms with Crippen LogP contribution in [0.4, 0.5) is 13.2 Å². The molecule has 0 aliphatic carbocycles. The van der Waals surface area contributed by atoms with Crippen molar-refractivity contribution < 1.29 is 21.6 Å². The first-order valence-corrected chi connectivity index (χ1v) is 11.6. The second-order valence-electron chi connectivity index (χ2n) is 7.94. The van der Waals surface area contributed by atoms with Crippen LogP contribution in [-0.2, 0) is 29.8 Å². The number of nitrogens with one attached hydrogen (secondary N) is 1. The van der Waals surface area contributed by atoms with E-state index in [1.807, 2.05) is 43.6 Å². The van der Waals surface area contributed by atoms with Crippen LogP contribution < -0.4 is 4.72 Å². The molecule has 0 bridgehead atoms. The van der Waals surface area contributed by atoms with Gasteiger partial charge in [-0.1, -0.05) is 30.3 Å². The molecule has 3 aromatic rings. The van der Waals surface area contributed by atoms with E-state index in [2.05, 4.69) is 14.7 Å². The normalized spacial score (nSPS) is 17.7. The zero-order chi connectivity index (χ0) is 22.9. The third-order valence-electron chi connectivity index (χ3n) is 5.44. The zero-order valence-electron chi connectivity index (χ0n) is 17.4. The second kappa shape index (κ2) is 8.68. The molecule has 10 heteroatoms. The first-order valence-electron chi connectivity index (χ1n) is 10.1. The van der Waals surface area contributed by atoms with Crippen molar-refractivity contribution in [1.82, 2.24) is 19.4 Å². The maximum absolute atomic E-state index is 12.9. The van der Waals surface area contributed by atoms with Crippen molar-refractivity contribution >= 4 is 10.0 Å². The van der Waals surface area contributed by atoms with Gasteiger partial charge in [0.25, 0.3) is 0 Å². The topological polar surface area (TPSA) is 67.2 Å². The summed E-state index contributed by atoms with van der Waals surface area (Å²) in [5.74, 6) is 0. The van der Waals surface area contributed by atoms with Gasteiger partial charge in [-0.25, -0.2) is 13.1 Å². The number of sulfonamides is 1. The predicted octanol–water partition coefficient (Wildman–Crippen LogP) is 3.66. The third kappa shape index (κ3) is 5.20. The molecule has 2 heterocycles. The fourth-order valence-electron chi connectivity index (χ4n) is 3.81. The van der Waals surface area contributed by atoms with Crippen LogP contribution in [0, 0.1) is 0 Å². The number of likely N-dealkylation sites (tertiary alicyclic amines) is 1. The molecule has 4 rings (SSSR count). The number of alkyl halides is 3. The summed E-state index contributed by atoms with van der Waals surface area (Å²) in [4.78, 5) is 1.74. The molecule has 32 heavy (non-hydrogen) atoms. The van der Waals surface area contributed by atoms with Gasteiger partial charge in [-0.3, -0.25) is 9.58 Å². The summed E-state index contributed by atoms with van der Waals surface area (Å²) in [6, 6.07) is 13.4. The lowest BCUT2D eigenvalue weighted by Gasteiger charge is -2.17. The SMILES string of the molecule is Cn1ccc(-c2ccc(CN3CCC(NS(=O)(=O)c4cccc(C(F)(F)F)c4)C3)cc2)n1. The number of aromatic nitrogens is 2. The minimum atomic E-state index is -4.60. The highest BCUT2D eigenvalue weighted by Gasteiger charge is 2.33. The summed E-state index contributed by atoms with van der Waals surface area (Å²) in [7, 11) is -2.18. The number of hydrogen-bond donors (Lipinski definition) is 1. The van der Waals surface area contributed by atoms with Crippen LogP contribution in [0.25, 0.3) is 11.3 Å². The van der Waals surface area contributed by atoms with Gasteiger partial charge in [0.2, 0.25) is 10.0 Å². The summed E-state index contributed by atoms with van der Waals surface area (Å²) in [5.41, 5.74) is 2.01. The molecular formula is C22H23F3N4O2S.